The van der Waals surface area contributed by atoms with Crippen LogP contribution in [0.25, 0.3) is 10.8 Å². The Morgan fingerprint density at radius 1 is 0.913 bits per heavy atom. The second-order valence-corrected chi connectivity index (χ2v) is 5.19. The van der Waals surface area contributed by atoms with E-state index in [-0.39, 0.29) is 11.5 Å². The molecule has 1 heterocycles. The van der Waals surface area contributed by atoms with Gasteiger partial charge in [0.15, 0.2) is 23.0 Å². The van der Waals surface area contributed by atoms with E-state index in [4.69, 9.17) is 9.47 Å². The van der Waals surface area contributed by atoms with Gasteiger partial charge in [-0.2, -0.15) is 0 Å². The molecule has 0 amide bonds. The molecule has 1 aromatic heterocycles. The molecule has 0 saturated carbocycles. The van der Waals surface area contributed by atoms with Gasteiger partial charge in [-0.15, -0.1) is 0 Å². The Balaban J connectivity index is 2.03. The van der Waals surface area contributed by atoms with Crippen LogP contribution in [0.2, 0.25) is 0 Å². The van der Waals surface area contributed by atoms with Crippen LogP contribution in [0.5, 0.6) is 23.0 Å². The third kappa shape index (κ3) is 2.73. The summed E-state index contributed by atoms with van der Waals surface area (Å²) in [5, 5.41) is 21.7. The summed E-state index contributed by atoms with van der Waals surface area (Å²) >= 11 is 0. The number of aromatic nitrogens is 1. The Labute approximate surface area is 133 Å². The van der Waals surface area contributed by atoms with Crippen LogP contribution in [-0.4, -0.2) is 29.4 Å². The van der Waals surface area contributed by atoms with Gasteiger partial charge in [-0.25, -0.2) is 0 Å². The molecule has 0 fully saturated rings. The van der Waals surface area contributed by atoms with Crippen molar-refractivity contribution < 1.29 is 19.7 Å². The van der Waals surface area contributed by atoms with E-state index in [1.54, 1.807) is 30.6 Å². The quantitative estimate of drug-likeness (QED) is 0.774. The van der Waals surface area contributed by atoms with Crippen LogP contribution in [0, 0.1) is 0 Å². The van der Waals surface area contributed by atoms with E-state index in [2.05, 4.69) is 4.98 Å². The molecule has 5 heteroatoms. The van der Waals surface area contributed by atoms with E-state index in [0.29, 0.717) is 23.3 Å². The van der Waals surface area contributed by atoms with Gasteiger partial charge in [-0.3, -0.25) is 4.98 Å². The van der Waals surface area contributed by atoms with E-state index >= 15 is 0 Å². The fourth-order valence-electron chi connectivity index (χ4n) is 2.64. The molecule has 0 atom stereocenters. The second kappa shape index (κ2) is 6.04. The van der Waals surface area contributed by atoms with Gasteiger partial charge in [0.25, 0.3) is 0 Å². The topological polar surface area (TPSA) is 71.8 Å². The number of hydrogen-bond donors (Lipinski definition) is 2. The highest BCUT2D eigenvalue weighted by Crippen LogP contribution is 2.36. The second-order valence-electron chi connectivity index (χ2n) is 5.19. The maximum atomic E-state index is 10.2. The molecule has 0 aliphatic rings. The zero-order valence-electron chi connectivity index (χ0n) is 12.9. The smallest absolute Gasteiger partial charge is 0.167 e. The Bertz CT molecular complexity index is 861. The van der Waals surface area contributed by atoms with E-state index in [1.807, 2.05) is 12.1 Å². The predicted molar refractivity (Wildman–Crippen MR) is 87.4 cm³/mol. The number of ether oxygens (including phenoxy) is 2. The molecular weight excluding hydrogens is 294 g/mol. The van der Waals surface area contributed by atoms with Crippen molar-refractivity contribution >= 4 is 10.8 Å². The van der Waals surface area contributed by atoms with Gasteiger partial charge in [0.2, 0.25) is 0 Å². The summed E-state index contributed by atoms with van der Waals surface area (Å²) in [5.41, 5.74) is 1.87. The lowest BCUT2D eigenvalue weighted by atomic mass is 10.00. The monoisotopic (exact) mass is 311 g/mol. The van der Waals surface area contributed by atoms with Crippen molar-refractivity contribution in [1.82, 2.24) is 4.98 Å². The summed E-state index contributed by atoms with van der Waals surface area (Å²) in [4.78, 5) is 4.20. The number of phenols is 2. The number of methoxy groups -OCH3 is 2. The average molecular weight is 311 g/mol. The Morgan fingerprint density at radius 2 is 1.65 bits per heavy atom. The highest BCUT2D eigenvalue weighted by molar-refractivity contribution is 5.92. The van der Waals surface area contributed by atoms with Gasteiger partial charge in [0, 0.05) is 17.8 Å². The van der Waals surface area contributed by atoms with E-state index in [0.717, 1.165) is 16.5 Å². The van der Waals surface area contributed by atoms with Crippen molar-refractivity contribution in [3.63, 3.8) is 0 Å². The van der Waals surface area contributed by atoms with Gasteiger partial charge < -0.3 is 19.7 Å². The van der Waals surface area contributed by atoms with Crippen LogP contribution in [-0.2, 0) is 6.42 Å². The zero-order chi connectivity index (χ0) is 16.4. The number of phenolic OH excluding ortho intramolecular Hbond substituents is 2. The van der Waals surface area contributed by atoms with Crippen LogP contribution in [0.15, 0.2) is 42.7 Å². The van der Waals surface area contributed by atoms with Gasteiger partial charge in [0.05, 0.1) is 14.2 Å². The summed E-state index contributed by atoms with van der Waals surface area (Å²) < 4.78 is 10.2. The third-order valence-electron chi connectivity index (χ3n) is 3.82. The van der Waals surface area contributed by atoms with Crippen molar-refractivity contribution in [1.29, 1.82) is 0 Å². The normalized spacial score (nSPS) is 10.7. The summed E-state index contributed by atoms with van der Waals surface area (Å²) in [6.07, 6.45) is 3.95. The lowest BCUT2D eigenvalue weighted by molar-refractivity contribution is 0.373. The number of pyridine rings is 1. The fraction of sp³-hybridized carbons (Fsp3) is 0.167. The summed E-state index contributed by atoms with van der Waals surface area (Å²) in [6.45, 7) is 0. The Morgan fingerprint density at radius 3 is 2.35 bits per heavy atom. The molecule has 0 bridgehead atoms. The number of fused-ring (bicyclic) bond motifs is 1. The molecule has 0 aliphatic carbocycles. The minimum Gasteiger partial charge on any atom is -0.504 e. The molecule has 0 spiro atoms. The van der Waals surface area contributed by atoms with Crippen LogP contribution in [0.4, 0.5) is 0 Å². The van der Waals surface area contributed by atoms with Crippen LogP contribution in [0.1, 0.15) is 11.1 Å². The van der Waals surface area contributed by atoms with Gasteiger partial charge in [-0.1, -0.05) is 12.1 Å². The molecule has 5 nitrogen and oxygen atoms in total. The standard InChI is InChI=1S/C18H17NO4/c1-22-16-5-3-11(8-15(16)20)7-12-9-19-10-14-13(12)4-6-17(23-2)18(14)21/h3-6,8-10,20-21H,7H2,1-2H3. The van der Waals surface area contributed by atoms with Gasteiger partial charge in [-0.05, 0) is 41.1 Å². The van der Waals surface area contributed by atoms with Crippen molar-refractivity contribution in [2.24, 2.45) is 0 Å². The number of rotatable bonds is 4. The Kier molecular flexibility index (Phi) is 3.93. The first kappa shape index (κ1) is 15.0. The zero-order valence-corrected chi connectivity index (χ0v) is 12.9. The molecule has 118 valence electrons. The molecule has 0 radical (unpaired) electrons. The lowest BCUT2D eigenvalue weighted by Crippen LogP contribution is -1.94. The summed E-state index contributed by atoms with van der Waals surface area (Å²) in [7, 11) is 3.03. The minimum atomic E-state index is 0.0805. The molecule has 0 unspecified atom stereocenters. The number of nitrogens with zero attached hydrogens (tertiary/aromatic N) is 1. The maximum Gasteiger partial charge on any atom is 0.167 e. The molecule has 0 saturated heterocycles. The van der Waals surface area contributed by atoms with Crippen molar-refractivity contribution in [2.45, 2.75) is 6.42 Å². The fourth-order valence-corrected chi connectivity index (χ4v) is 2.64. The van der Waals surface area contributed by atoms with Crippen molar-refractivity contribution in [2.75, 3.05) is 14.2 Å². The van der Waals surface area contributed by atoms with E-state index in [1.165, 1.54) is 14.2 Å². The molecule has 0 aliphatic heterocycles. The molecule has 2 aromatic carbocycles. The highest BCUT2D eigenvalue weighted by Gasteiger charge is 2.11. The van der Waals surface area contributed by atoms with Crippen LogP contribution < -0.4 is 9.47 Å². The lowest BCUT2D eigenvalue weighted by Gasteiger charge is -2.11. The minimum absolute atomic E-state index is 0.0805. The third-order valence-corrected chi connectivity index (χ3v) is 3.82. The first-order valence-corrected chi connectivity index (χ1v) is 7.12. The number of hydrogen-bond acceptors (Lipinski definition) is 5. The molecule has 23 heavy (non-hydrogen) atoms. The summed E-state index contributed by atoms with van der Waals surface area (Å²) in [6, 6.07) is 8.91. The van der Waals surface area contributed by atoms with Gasteiger partial charge in [0.1, 0.15) is 0 Å². The first-order chi connectivity index (χ1) is 11.1. The Hall–Kier alpha value is -2.95. The molecule has 3 rings (SSSR count). The largest absolute Gasteiger partial charge is 0.504 e. The van der Waals surface area contributed by atoms with Crippen LogP contribution >= 0.6 is 0 Å². The predicted octanol–water partition coefficient (Wildman–Crippen LogP) is 3.25. The van der Waals surface area contributed by atoms with E-state index < -0.39 is 0 Å². The average Bonchev–Trinajstić information content (AvgIpc) is 2.56. The van der Waals surface area contributed by atoms with Crippen molar-refractivity contribution in [3.8, 4) is 23.0 Å². The van der Waals surface area contributed by atoms with Crippen molar-refractivity contribution in [3.05, 3.63) is 53.9 Å². The molecule has 3 aromatic rings. The number of benzene rings is 2. The highest BCUT2D eigenvalue weighted by atomic mass is 16.5. The first-order valence-electron chi connectivity index (χ1n) is 7.12. The SMILES string of the molecule is COc1ccc(Cc2cncc3c(O)c(OC)ccc23)cc1O. The summed E-state index contributed by atoms with van der Waals surface area (Å²) in [5.74, 6) is 1.03. The molecular formula is C18H17NO4. The maximum absolute atomic E-state index is 10.2. The van der Waals surface area contributed by atoms with Gasteiger partial charge >= 0.3 is 0 Å². The van der Waals surface area contributed by atoms with Crippen LogP contribution in [0.3, 0.4) is 0 Å². The van der Waals surface area contributed by atoms with E-state index in [9.17, 15) is 10.2 Å². The molecule has 2 N–H and O–H groups in total. The number of aromatic hydroxyl groups is 2.